The summed E-state index contributed by atoms with van der Waals surface area (Å²) < 4.78 is 13.9. The average molecular weight is 472 g/mol. The summed E-state index contributed by atoms with van der Waals surface area (Å²) in [6.07, 6.45) is 15.7. The molecule has 0 saturated carbocycles. The maximum absolute atomic E-state index is 6.16. The van der Waals surface area contributed by atoms with Gasteiger partial charge in [0.15, 0.2) is 5.75 Å². The Morgan fingerprint density at radius 3 is 1.88 bits per heavy atom. The molecule has 0 N–H and O–H groups in total. The van der Waals surface area contributed by atoms with Crippen molar-refractivity contribution in [3.8, 4) is 11.7 Å². The number of hydrogen-bond acceptors (Lipinski definition) is 4. The first kappa shape index (κ1) is 28.4. The van der Waals surface area contributed by atoms with Crippen LogP contribution in [0.15, 0.2) is 12.1 Å². The normalized spacial score (nSPS) is 11.3. The third kappa shape index (κ3) is 9.77. The van der Waals surface area contributed by atoms with Gasteiger partial charge in [0.05, 0.1) is 18.0 Å². The first-order chi connectivity index (χ1) is 16.6. The van der Waals surface area contributed by atoms with Gasteiger partial charge in [-0.05, 0) is 65.0 Å². The van der Waals surface area contributed by atoms with Crippen LogP contribution in [0.2, 0.25) is 0 Å². The van der Waals surface area contributed by atoms with Crippen molar-refractivity contribution >= 4 is 0 Å². The monoisotopic (exact) mass is 471 g/mol. The Hall–Kier alpha value is -1.88. The largest absolute Gasteiger partial charge is 0.490 e. The van der Waals surface area contributed by atoms with E-state index in [4.69, 9.17) is 19.4 Å². The number of unbranched alkanes of at least 4 members (excludes halogenated alkanes) is 9. The molecule has 192 valence electrons. The van der Waals surface area contributed by atoms with Crippen molar-refractivity contribution in [3.05, 3.63) is 34.9 Å². The van der Waals surface area contributed by atoms with E-state index < -0.39 is 0 Å². The lowest BCUT2D eigenvalue weighted by molar-refractivity contribution is 0.127. The molecule has 34 heavy (non-hydrogen) atoms. The number of nitrogens with zero attached hydrogens (tertiary/aromatic N) is 3. The second-order valence-electron chi connectivity index (χ2n) is 9.58. The molecule has 0 amide bonds. The quantitative estimate of drug-likeness (QED) is 0.196. The molecule has 0 spiro atoms. The second kappa shape index (κ2) is 16.7. The van der Waals surface area contributed by atoms with Crippen molar-refractivity contribution < 1.29 is 9.47 Å². The highest BCUT2D eigenvalue weighted by Gasteiger charge is 2.16. The Bertz CT molecular complexity index is 796. The Morgan fingerprint density at radius 1 is 0.676 bits per heavy atom. The Morgan fingerprint density at radius 2 is 1.24 bits per heavy atom. The lowest BCUT2D eigenvalue weighted by Gasteiger charge is -2.16. The van der Waals surface area contributed by atoms with E-state index in [1.165, 1.54) is 57.8 Å². The summed E-state index contributed by atoms with van der Waals surface area (Å²) in [5, 5.41) is 0. The maximum Gasteiger partial charge on any atom is 0.234 e. The lowest BCUT2D eigenvalue weighted by atomic mass is 10.1. The van der Waals surface area contributed by atoms with E-state index in [1.54, 1.807) is 0 Å². The van der Waals surface area contributed by atoms with E-state index in [-0.39, 0.29) is 0 Å². The minimum atomic E-state index is 0.734. The molecule has 0 aromatic carbocycles. The van der Waals surface area contributed by atoms with Crippen LogP contribution in [0.25, 0.3) is 5.95 Å². The Balaban J connectivity index is 1.80. The van der Waals surface area contributed by atoms with E-state index >= 15 is 0 Å². The summed E-state index contributed by atoms with van der Waals surface area (Å²) in [6.45, 7) is 13.3. The third-order valence-corrected chi connectivity index (χ3v) is 6.40. The smallest absolute Gasteiger partial charge is 0.234 e. The number of hydrogen-bond donors (Lipinski definition) is 0. The van der Waals surface area contributed by atoms with Crippen LogP contribution in [-0.2, 0) is 11.2 Å². The van der Waals surface area contributed by atoms with Crippen LogP contribution in [0, 0.1) is 20.8 Å². The number of ether oxygens (including phenoxy) is 2. The topological polar surface area (TPSA) is 49.2 Å². The second-order valence-corrected chi connectivity index (χ2v) is 9.58. The van der Waals surface area contributed by atoms with E-state index in [9.17, 15) is 0 Å². The molecular weight excluding hydrogens is 422 g/mol. The molecular formula is C29H49N3O2. The molecule has 0 aliphatic heterocycles. The molecule has 2 aromatic rings. The molecule has 0 aliphatic carbocycles. The molecule has 5 heteroatoms. The minimum Gasteiger partial charge on any atom is -0.490 e. The van der Waals surface area contributed by atoms with Crippen LogP contribution in [0.4, 0.5) is 0 Å². The molecule has 0 unspecified atom stereocenters. The number of aryl methyl sites for hydroxylation is 4. The highest BCUT2D eigenvalue weighted by molar-refractivity contribution is 5.37. The van der Waals surface area contributed by atoms with Crippen molar-refractivity contribution in [2.75, 3.05) is 19.8 Å². The molecule has 0 saturated heterocycles. The van der Waals surface area contributed by atoms with Gasteiger partial charge in [-0.2, -0.15) is 0 Å². The molecule has 2 heterocycles. The zero-order valence-corrected chi connectivity index (χ0v) is 22.6. The SMILES string of the molecule is CCCCOCCCCCCCCCCc1nc(-n2c(C)ccc2C)nc(C)c1OCCCC. The first-order valence-electron chi connectivity index (χ1n) is 13.8. The van der Waals surface area contributed by atoms with Crippen LogP contribution < -0.4 is 4.74 Å². The Labute approximate surface area is 208 Å². The first-order valence-corrected chi connectivity index (χ1v) is 13.8. The number of rotatable bonds is 19. The predicted molar refractivity (Wildman–Crippen MR) is 142 cm³/mol. The summed E-state index contributed by atoms with van der Waals surface area (Å²) in [5.74, 6) is 1.68. The van der Waals surface area contributed by atoms with Crippen molar-refractivity contribution in [1.29, 1.82) is 0 Å². The zero-order chi connectivity index (χ0) is 24.6. The van der Waals surface area contributed by atoms with Crippen molar-refractivity contribution in [2.45, 2.75) is 118 Å². The van der Waals surface area contributed by atoms with Gasteiger partial charge in [0.1, 0.15) is 0 Å². The highest BCUT2D eigenvalue weighted by Crippen LogP contribution is 2.26. The average Bonchev–Trinajstić information content (AvgIpc) is 3.16. The zero-order valence-electron chi connectivity index (χ0n) is 22.6. The van der Waals surface area contributed by atoms with Crippen LogP contribution in [0.5, 0.6) is 5.75 Å². The van der Waals surface area contributed by atoms with E-state index in [0.29, 0.717) is 0 Å². The van der Waals surface area contributed by atoms with Gasteiger partial charge < -0.3 is 9.47 Å². The van der Waals surface area contributed by atoms with Gasteiger partial charge in [-0.1, -0.05) is 65.2 Å². The van der Waals surface area contributed by atoms with Gasteiger partial charge >= 0.3 is 0 Å². The van der Waals surface area contributed by atoms with Crippen LogP contribution in [0.1, 0.15) is 114 Å². The maximum atomic E-state index is 6.16. The van der Waals surface area contributed by atoms with Crippen molar-refractivity contribution in [1.82, 2.24) is 14.5 Å². The minimum absolute atomic E-state index is 0.734. The standard InChI is InChI=1S/C29H49N3O2/c1-6-8-21-33-22-17-15-13-11-10-12-14-16-18-27-28(34-23-9-7-2)26(5)30-29(31-27)32-24(3)19-20-25(32)4/h19-20H,6-18,21-23H2,1-5H3. The predicted octanol–water partition coefficient (Wildman–Crippen LogP) is 7.85. The van der Waals surface area contributed by atoms with Gasteiger partial charge in [0.25, 0.3) is 0 Å². The summed E-state index contributed by atoms with van der Waals surface area (Å²) in [6, 6.07) is 4.25. The molecule has 2 aromatic heterocycles. The fourth-order valence-electron chi connectivity index (χ4n) is 4.27. The van der Waals surface area contributed by atoms with Gasteiger partial charge in [-0.25, -0.2) is 9.97 Å². The highest BCUT2D eigenvalue weighted by atomic mass is 16.5. The van der Waals surface area contributed by atoms with Gasteiger partial charge in [0, 0.05) is 24.6 Å². The number of aromatic nitrogens is 3. The summed E-state index contributed by atoms with van der Waals surface area (Å²) in [5.41, 5.74) is 4.33. The van der Waals surface area contributed by atoms with Crippen LogP contribution >= 0.6 is 0 Å². The van der Waals surface area contributed by atoms with Crippen LogP contribution in [0.3, 0.4) is 0 Å². The molecule has 0 atom stereocenters. The van der Waals surface area contributed by atoms with Crippen molar-refractivity contribution in [3.63, 3.8) is 0 Å². The molecule has 0 bridgehead atoms. The van der Waals surface area contributed by atoms with Crippen LogP contribution in [-0.4, -0.2) is 34.4 Å². The fraction of sp³-hybridized carbons (Fsp3) is 0.724. The molecule has 0 radical (unpaired) electrons. The molecule has 5 nitrogen and oxygen atoms in total. The Kier molecular flexibility index (Phi) is 13.9. The van der Waals surface area contributed by atoms with E-state index in [0.717, 1.165) is 80.0 Å². The summed E-state index contributed by atoms with van der Waals surface area (Å²) in [4.78, 5) is 9.79. The molecule has 0 aliphatic rings. The van der Waals surface area contributed by atoms with E-state index in [1.807, 2.05) is 0 Å². The van der Waals surface area contributed by atoms with Gasteiger partial charge in [-0.15, -0.1) is 0 Å². The lowest BCUT2D eigenvalue weighted by Crippen LogP contribution is -2.11. The third-order valence-electron chi connectivity index (χ3n) is 6.40. The van der Waals surface area contributed by atoms with Crippen molar-refractivity contribution in [2.24, 2.45) is 0 Å². The summed E-state index contributed by atoms with van der Waals surface area (Å²) in [7, 11) is 0. The molecule has 2 rings (SSSR count). The van der Waals surface area contributed by atoms with Gasteiger partial charge in [0.2, 0.25) is 5.95 Å². The van der Waals surface area contributed by atoms with E-state index in [2.05, 4.69) is 51.3 Å². The molecule has 0 fully saturated rings. The fourth-order valence-corrected chi connectivity index (χ4v) is 4.27. The van der Waals surface area contributed by atoms with Gasteiger partial charge in [-0.3, -0.25) is 4.57 Å². The summed E-state index contributed by atoms with van der Waals surface area (Å²) >= 11 is 0.